The molecule has 1 atom stereocenters. The molecule has 0 saturated heterocycles. The first-order valence-corrected chi connectivity index (χ1v) is 4.84. The lowest BCUT2D eigenvalue weighted by molar-refractivity contribution is 0.0996. The van der Waals surface area contributed by atoms with Crippen LogP contribution in [0.2, 0.25) is 5.02 Å². The number of Topliss-reactive ketones (excluding diaryl/α,β-unsaturated/α-hetero) is 1. The Morgan fingerprint density at radius 3 is 2.33 bits per heavy atom. The van der Waals surface area contributed by atoms with Gasteiger partial charge >= 0.3 is 0 Å². The van der Waals surface area contributed by atoms with Gasteiger partial charge < -0.3 is 0 Å². The van der Waals surface area contributed by atoms with Gasteiger partial charge in [0.15, 0.2) is 5.78 Å². The van der Waals surface area contributed by atoms with Crippen LogP contribution in [0.1, 0.15) is 17.3 Å². The Bertz CT molecular complexity index is 279. The largest absolute Gasteiger partial charge is 0.293 e. The van der Waals surface area contributed by atoms with Crippen LogP contribution in [0.15, 0.2) is 24.3 Å². The predicted octanol–water partition coefficient (Wildman–Crippen LogP) is 3.31. The molecule has 0 bridgehead atoms. The predicted molar refractivity (Wildman–Crippen MR) is 54.2 cm³/mol. The van der Waals surface area contributed by atoms with Crippen LogP contribution in [0.3, 0.4) is 0 Å². The van der Waals surface area contributed by atoms with E-state index in [9.17, 15) is 4.79 Å². The van der Waals surface area contributed by atoms with Crippen LogP contribution in [0.5, 0.6) is 0 Å². The zero-order valence-electron chi connectivity index (χ0n) is 6.55. The zero-order chi connectivity index (χ0) is 9.14. The summed E-state index contributed by atoms with van der Waals surface area (Å²) in [5.41, 5.74) is 0.684. The van der Waals surface area contributed by atoms with Gasteiger partial charge in [-0.05, 0) is 31.2 Å². The first kappa shape index (κ1) is 9.75. The van der Waals surface area contributed by atoms with E-state index in [2.05, 4.69) is 15.9 Å². The molecular weight excluding hydrogens is 239 g/mol. The lowest BCUT2D eigenvalue weighted by Crippen LogP contribution is -2.09. The van der Waals surface area contributed by atoms with Gasteiger partial charge in [0.25, 0.3) is 0 Å². The third kappa shape index (κ3) is 2.32. The molecule has 12 heavy (non-hydrogen) atoms. The highest BCUT2D eigenvalue weighted by Gasteiger charge is 2.10. The number of alkyl halides is 1. The van der Waals surface area contributed by atoms with Gasteiger partial charge in [-0.2, -0.15) is 0 Å². The number of rotatable bonds is 2. The molecule has 0 heterocycles. The molecule has 64 valence electrons. The molecule has 0 saturated carbocycles. The molecule has 1 rings (SSSR count). The highest BCUT2D eigenvalue weighted by atomic mass is 79.9. The smallest absolute Gasteiger partial charge is 0.176 e. The third-order valence-corrected chi connectivity index (χ3v) is 2.16. The van der Waals surface area contributed by atoms with Crippen LogP contribution in [0, 0.1) is 0 Å². The molecular formula is C9H8BrClO. The van der Waals surface area contributed by atoms with Crippen molar-refractivity contribution in [2.75, 3.05) is 0 Å². The maximum Gasteiger partial charge on any atom is 0.176 e. The van der Waals surface area contributed by atoms with Crippen molar-refractivity contribution in [1.82, 2.24) is 0 Å². The van der Waals surface area contributed by atoms with Crippen LogP contribution in [0.25, 0.3) is 0 Å². The number of ketones is 1. The molecule has 0 radical (unpaired) electrons. The van der Waals surface area contributed by atoms with E-state index in [0.717, 1.165) is 0 Å². The van der Waals surface area contributed by atoms with E-state index in [0.29, 0.717) is 10.6 Å². The summed E-state index contributed by atoms with van der Waals surface area (Å²) in [6.45, 7) is 1.80. The van der Waals surface area contributed by atoms with Gasteiger partial charge in [0.1, 0.15) is 0 Å². The van der Waals surface area contributed by atoms with Crippen LogP contribution in [-0.2, 0) is 0 Å². The number of halogens is 2. The van der Waals surface area contributed by atoms with Crippen molar-refractivity contribution in [3.05, 3.63) is 34.9 Å². The summed E-state index contributed by atoms with van der Waals surface area (Å²) in [5, 5.41) is 0.647. The minimum absolute atomic E-state index is 0.0756. The topological polar surface area (TPSA) is 17.1 Å². The Kier molecular flexibility index (Phi) is 3.29. The van der Waals surface area contributed by atoms with E-state index in [4.69, 9.17) is 11.6 Å². The molecule has 0 aliphatic heterocycles. The Labute approximate surface area is 84.9 Å². The van der Waals surface area contributed by atoms with Crippen LogP contribution >= 0.6 is 27.5 Å². The van der Waals surface area contributed by atoms with Gasteiger partial charge in [-0.1, -0.05) is 27.5 Å². The van der Waals surface area contributed by atoms with Crippen LogP contribution in [0.4, 0.5) is 0 Å². The number of carbonyl (C=O) groups excluding carboxylic acids is 1. The Balaban J connectivity index is 2.90. The van der Waals surface area contributed by atoms with Gasteiger partial charge in [-0.3, -0.25) is 4.79 Å². The number of hydrogen-bond acceptors (Lipinski definition) is 1. The summed E-state index contributed by atoms with van der Waals surface area (Å²) in [6, 6.07) is 6.87. The zero-order valence-corrected chi connectivity index (χ0v) is 8.89. The van der Waals surface area contributed by atoms with Crippen molar-refractivity contribution < 1.29 is 4.79 Å². The highest BCUT2D eigenvalue weighted by Crippen LogP contribution is 2.13. The lowest BCUT2D eigenvalue weighted by atomic mass is 10.1. The molecule has 0 N–H and O–H groups in total. The van der Waals surface area contributed by atoms with Crippen molar-refractivity contribution in [3.8, 4) is 0 Å². The maximum absolute atomic E-state index is 11.4. The average Bonchev–Trinajstić information content (AvgIpc) is 2.04. The molecule has 0 amide bonds. The van der Waals surface area contributed by atoms with Crippen molar-refractivity contribution in [1.29, 1.82) is 0 Å². The van der Waals surface area contributed by atoms with Crippen LogP contribution in [-0.4, -0.2) is 10.6 Å². The standard InChI is InChI=1S/C9H8BrClO/c1-6(10)9(12)7-2-4-8(11)5-3-7/h2-6H,1H3/t6-/m0/s1. The summed E-state index contributed by atoms with van der Waals surface area (Å²) >= 11 is 8.89. The lowest BCUT2D eigenvalue weighted by Gasteiger charge is -2.01. The second kappa shape index (κ2) is 4.06. The summed E-state index contributed by atoms with van der Waals surface area (Å²) in [6.07, 6.45) is 0. The molecule has 1 nitrogen and oxygen atoms in total. The molecule has 3 heteroatoms. The molecule has 0 spiro atoms. The fraction of sp³-hybridized carbons (Fsp3) is 0.222. The Morgan fingerprint density at radius 2 is 1.92 bits per heavy atom. The molecule has 0 unspecified atom stereocenters. The minimum atomic E-state index is -0.140. The van der Waals surface area contributed by atoms with Crippen molar-refractivity contribution in [2.24, 2.45) is 0 Å². The van der Waals surface area contributed by atoms with E-state index < -0.39 is 0 Å². The fourth-order valence-electron chi connectivity index (χ4n) is 0.844. The van der Waals surface area contributed by atoms with Gasteiger partial charge in [-0.15, -0.1) is 0 Å². The number of hydrogen-bond donors (Lipinski definition) is 0. The second-order valence-electron chi connectivity index (χ2n) is 2.49. The quantitative estimate of drug-likeness (QED) is 0.579. The monoisotopic (exact) mass is 246 g/mol. The molecule has 1 aromatic carbocycles. The van der Waals surface area contributed by atoms with E-state index in [1.165, 1.54) is 0 Å². The Morgan fingerprint density at radius 1 is 1.42 bits per heavy atom. The van der Waals surface area contributed by atoms with Gasteiger partial charge in [-0.25, -0.2) is 0 Å². The van der Waals surface area contributed by atoms with Gasteiger partial charge in [0.2, 0.25) is 0 Å². The van der Waals surface area contributed by atoms with Crippen molar-refractivity contribution >= 4 is 33.3 Å². The normalized spacial score (nSPS) is 12.6. The second-order valence-corrected chi connectivity index (χ2v) is 4.30. The van der Waals surface area contributed by atoms with Gasteiger partial charge in [0.05, 0.1) is 4.83 Å². The van der Waals surface area contributed by atoms with E-state index >= 15 is 0 Å². The minimum Gasteiger partial charge on any atom is -0.293 e. The molecule has 1 aromatic rings. The third-order valence-electron chi connectivity index (χ3n) is 1.49. The van der Waals surface area contributed by atoms with E-state index in [1.54, 1.807) is 31.2 Å². The Hall–Kier alpha value is -0.340. The van der Waals surface area contributed by atoms with E-state index in [1.807, 2.05) is 0 Å². The first-order chi connectivity index (χ1) is 5.61. The average molecular weight is 248 g/mol. The molecule has 0 fully saturated rings. The summed E-state index contributed by atoms with van der Waals surface area (Å²) < 4.78 is 0. The highest BCUT2D eigenvalue weighted by molar-refractivity contribution is 9.10. The molecule has 0 aromatic heterocycles. The molecule has 0 aliphatic rings. The van der Waals surface area contributed by atoms with Crippen molar-refractivity contribution in [3.63, 3.8) is 0 Å². The summed E-state index contributed by atoms with van der Waals surface area (Å²) in [7, 11) is 0. The van der Waals surface area contributed by atoms with Gasteiger partial charge in [0, 0.05) is 10.6 Å². The number of carbonyl (C=O) groups is 1. The first-order valence-electron chi connectivity index (χ1n) is 3.55. The fourth-order valence-corrected chi connectivity index (χ4v) is 1.23. The molecule has 0 aliphatic carbocycles. The van der Waals surface area contributed by atoms with E-state index in [-0.39, 0.29) is 10.6 Å². The SMILES string of the molecule is C[C@H](Br)C(=O)c1ccc(Cl)cc1. The maximum atomic E-state index is 11.4. The van der Waals surface area contributed by atoms with Crippen molar-refractivity contribution in [2.45, 2.75) is 11.8 Å². The summed E-state index contributed by atoms with van der Waals surface area (Å²) in [4.78, 5) is 11.2. The van der Waals surface area contributed by atoms with Crippen LogP contribution < -0.4 is 0 Å². The number of benzene rings is 1. The summed E-state index contributed by atoms with van der Waals surface area (Å²) in [5.74, 6) is 0.0756.